The molecule has 0 spiro atoms. The van der Waals surface area contributed by atoms with Gasteiger partial charge < -0.3 is 9.64 Å². The van der Waals surface area contributed by atoms with Gasteiger partial charge in [-0.15, -0.1) is 11.3 Å². The number of methoxy groups -OCH3 is 1. The third-order valence-corrected chi connectivity index (χ3v) is 7.84. The maximum absolute atomic E-state index is 13.5. The largest absolute Gasteiger partial charge is 0.497 e. The lowest BCUT2D eigenvalue weighted by Crippen LogP contribution is -2.30. The molecule has 32 heavy (non-hydrogen) atoms. The van der Waals surface area contributed by atoms with Crippen molar-refractivity contribution >= 4 is 49.3 Å². The molecule has 0 unspecified atom stereocenters. The number of carbonyl (C=O) groups is 1. The van der Waals surface area contributed by atoms with Crippen molar-refractivity contribution in [3.05, 3.63) is 64.4 Å². The molecule has 4 aromatic rings. The second-order valence-corrected chi connectivity index (χ2v) is 9.78. The molecule has 6 nitrogen and oxygen atoms in total. The van der Waals surface area contributed by atoms with Crippen LogP contribution >= 0.6 is 23.1 Å². The molecule has 1 fully saturated rings. The Balaban J connectivity index is 1.55. The highest BCUT2D eigenvalue weighted by Crippen LogP contribution is 2.32. The molecule has 1 amide bonds. The van der Waals surface area contributed by atoms with E-state index in [1.54, 1.807) is 11.7 Å². The molecule has 1 saturated heterocycles. The van der Waals surface area contributed by atoms with Gasteiger partial charge in [-0.3, -0.25) is 14.2 Å². The van der Waals surface area contributed by atoms with Gasteiger partial charge in [-0.1, -0.05) is 42.1 Å². The Kier molecular flexibility index (Phi) is 5.89. The average molecular weight is 466 g/mol. The fourth-order valence-electron chi connectivity index (χ4n) is 4.00. The summed E-state index contributed by atoms with van der Waals surface area (Å²) in [5, 5.41) is 1.56. The molecule has 0 aliphatic carbocycles. The summed E-state index contributed by atoms with van der Waals surface area (Å²) in [7, 11) is 1.63. The van der Waals surface area contributed by atoms with Gasteiger partial charge in [0.15, 0.2) is 5.16 Å². The van der Waals surface area contributed by atoms with Crippen LogP contribution < -0.4 is 10.3 Å². The molecule has 1 aliphatic rings. The first-order valence-corrected chi connectivity index (χ1v) is 12.4. The number of thioether (sulfide) groups is 1. The van der Waals surface area contributed by atoms with E-state index in [1.807, 2.05) is 53.4 Å². The Bertz CT molecular complexity index is 1340. The van der Waals surface area contributed by atoms with E-state index in [1.165, 1.54) is 23.1 Å². The highest BCUT2D eigenvalue weighted by molar-refractivity contribution is 7.99. The van der Waals surface area contributed by atoms with Crippen LogP contribution in [-0.4, -0.2) is 46.3 Å². The number of nitrogens with zero attached hydrogens (tertiary/aromatic N) is 3. The average Bonchev–Trinajstić information content (AvgIpc) is 3.49. The molecule has 0 bridgehead atoms. The summed E-state index contributed by atoms with van der Waals surface area (Å²) in [6.45, 7) is 2.03. The number of thiophene rings is 1. The zero-order valence-corrected chi connectivity index (χ0v) is 19.4. The Morgan fingerprint density at radius 2 is 1.88 bits per heavy atom. The van der Waals surface area contributed by atoms with Crippen molar-refractivity contribution in [3.8, 4) is 5.75 Å². The van der Waals surface area contributed by atoms with Gasteiger partial charge >= 0.3 is 0 Å². The Morgan fingerprint density at radius 3 is 2.62 bits per heavy atom. The molecule has 1 aliphatic heterocycles. The molecular formula is C24H23N3O3S2. The molecule has 0 saturated carbocycles. The van der Waals surface area contributed by atoms with E-state index in [-0.39, 0.29) is 17.2 Å². The van der Waals surface area contributed by atoms with Gasteiger partial charge in [0, 0.05) is 23.2 Å². The minimum absolute atomic E-state index is 0.0665. The van der Waals surface area contributed by atoms with Gasteiger partial charge in [0.25, 0.3) is 5.56 Å². The Labute approximate surface area is 193 Å². The third kappa shape index (κ3) is 4.00. The van der Waals surface area contributed by atoms with Crippen molar-refractivity contribution in [2.24, 2.45) is 0 Å². The van der Waals surface area contributed by atoms with Crippen LogP contribution in [0, 0.1) is 0 Å². The molecule has 0 radical (unpaired) electrons. The fraction of sp³-hybridized carbons (Fsp3) is 0.292. The predicted octanol–water partition coefficient (Wildman–Crippen LogP) is 4.38. The van der Waals surface area contributed by atoms with Crippen molar-refractivity contribution in [2.45, 2.75) is 24.5 Å². The minimum Gasteiger partial charge on any atom is -0.497 e. The van der Waals surface area contributed by atoms with Gasteiger partial charge in [0.2, 0.25) is 5.91 Å². The molecule has 164 valence electrons. The highest BCUT2D eigenvalue weighted by Gasteiger charge is 2.21. The van der Waals surface area contributed by atoms with Gasteiger partial charge in [0.05, 0.1) is 24.9 Å². The van der Waals surface area contributed by atoms with Crippen LogP contribution in [0.3, 0.4) is 0 Å². The smallest absolute Gasteiger partial charge is 0.272 e. The molecule has 3 heterocycles. The fourth-order valence-corrected chi connectivity index (χ4v) is 5.99. The molecule has 2 aromatic heterocycles. The Morgan fingerprint density at radius 1 is 1.12 bits per heavy atom. The topological polar surface area (TPSA) is 64.4 Å². The van der Waals surface area contributed by atoms with Gasteiger partial charge in [0.1, 0.15) is 10.4 Å². The quantitative estimate of drug-likeness (QED) is 0.312. The molecular weight excluding hydrogens is 442 g/mol. The van der Waals surface area contributed by atoms with Crippen LogP contribution in [0.1, 0.15) is 18.4 Å². The zero-order chi connectivity index (χ0) is 22.1. The standard InChI is InChI=1S/C24H23N3O3S2/c1-30-17-10-8-16(9-11-17)14-27-23(29)22-21(18-6-2-3-7-19(18)32-22)25-24(27)31-15-20(28)26-12-4-5-13-26/h2-3,6-11H,4-5,12-15H2,1H3. The summed E-state index contributed by atoms with van der Waals surface area (Å²) in [5.74, 6) is 1.15. The lowest BCUT2D eigenvalue weighted by Gasteiger charge is -2.16. The maximum atomic E-state index is 13.5. The number of fused-ring (bicyclic) bond motifs is 3. The second-order valence-electron chi connectivity index (χ2n) is 7.79. The van der Waals surface area contributed by atoms with Gasteiger partial charge in [-0.2, -0.15) is 0 Å². The number of benzene rings is 2. The summed E-state index contributed by atoms with van der Waals surface area (Å²) < 4.78 is 8.63. The van der Waals surface area contributed by atoms with Crippen molar-refractivity contribution in [2.75, 3.05) is 26.0 Å². The maximum Gasteiger partial charge on any atom is 0.272 e. The van der Waals surface area contributed by atoms with E-state index in [0.29, 0.717) is 16.4 Å². The van der Waals surface area contributed by atoms with E-state index in [4.69, 9.17) is 9.72 Å². The molecule has 0 N–H and O–H groups in total. The molecule has 8 heteroatoms. The number of amides is 1. The first kappa shape index (κ1) is 21.0. The minimum atomic E-state index is -0.0665. The van der Waals surface area contributed by atoms with Crippen LogP contribution in [0.2, 0.25) is 0 Å². The summed E-state index contributed by atoms with van der Waals surface area (Å²) >= 11 is 2.82. The lowest BCUT2D eigenvalue weighted by molar-refractivity contribution is -0.127. The van der Waals surface area contributed by atoms with Crippen LogP contribution in [0.5, 0.6) is 5.75 Å². The first-order valence-electron chi connectivity index (χ1n) is 10.6. The van der Waals surface area contributed by atoms with Crippen LogP contribution in [-0.2, 0) is 11.3 Å². The first-order chi connectivity index (χ1) is 15.6. The highest BCUT2D eigenvalue weighted by atomic mass is 32.2. The zero-order valence-electron chi connectivity index (χ0n) is 17.7. The predicted molar refractivity (Wildman–Crippen MR) is 130 cm³/mol. The van der Waals surface area contributed by atoms with E-state index in [2.05, 4.69) is 0 Å². The SMILES string of the molecule is COc1ccc(Cn2c(SCC(=O)N3CCCC3)nc3c(sc4ccccc43)c2=O)cc1. The molecule has 2 aromatic carbocycles. The summed E-state index contributed by atoms with van der Waals surface area (Å²) in [4.78, 5) is 33.0. The van der Waals surface area contributed by atoms with E-state index < -0.39 is 0 Å². The number of aromatic nitrogens is 2. The van der Waals surface area contributed by atoms with E-state index >= 15 is 0 Å². The molecule has 5 rings (SSSR count). The number of hydrogen-bond acceptors (Lipinski definition) is 6. The summed E-state index contributed by atoms with van der Waals surface area (Å²) in [6, 6.07) is 15.6. The van der Waals surface area contributed by atoms with Crippen molar-refractivity contribution < 1.29 is 9.53 Å². The summed E-state index contributed by atoms with van der Waals surface area (Å²) in [5.41, 5.74) is 1.63. The number of carbonyl (C=O) groups excluding carboxylic acids is 1. The van der Waals surface area contributed by atoms with Crippen molar-refractivity contribution in [3.63, 3.8) is 0 Å². The molecule has 0 atom stereocenters. The monoisotopic (exact) mass is 465 g/mol. The number of likely N-dealkylation sites (tertiary alicyclic amines) is 1. The normalized spacial score (nSPS) is 13.8. The van der Waals surface area contributed by atoms with E-state index in [0.717, 1.165) is 52.8 Å². The lowest BCUT2D eigenvalue weighted by atomic mass is 10.2. The number of hydrogen-bond donors (Lipinski definition) is 0. The second kappa shape index (κ2) is 8.96. The third-order valence-electron chi connectivity index (χ3n) is 5.73. The van der Waals surface area contributed by atoms with Crippen molar-refractivity contribution in [1.29, 1.82) is 0 Å². The summed E-state index contributed by atoms with van der Waals surface area (Å²) in [6.07, 6.45) is 2.12. The van der Waals surface area contributed by atoms with Crippen LogP contribution in [0.25, 0.3) is 20.3 Å². The van der Waals surface area contributed by atoms with Crippen LogP contribution in [0.4, 0.5) is 0 Å². The Hall–Kier alpha value is -2.84. The van der Waals surface area contributed by atoms with E-state index in [9.17, 15) is 9.59 Å². The van der Waals surface area contributed by atoms with Gasteiger partial charge in [-0.25, -0.2) is 4.98 Å². The van der Waals surface area contributed by atoms with Crippen LogP contribution in [0.15, 0.2) is 58.5 Å². The number of ether oxygens (including phenoxy) is 1. The van der Waals surface area contributed by atoms with Gasteiger partial charge in [-0.05, 0) is 36.6 Å². The van der Waals surface area contributed by atoms with Crippen molar-refractivity contribution in [1.82, 2.24) is 14.5 Å². The number of rotatable bonds is 6.